The molecule has 50 valence electrons. The SMILES string of the molecule is O=c1scc(O)n1CBr. The summed E-state index contributed by atoms with van der Waals surface area (Å²) in [5.74, 6) is 0.0156. The van der Waals surface area contributed by atoms with E-state index in [2.05, 4.69) is 15.9 Å². The highest BCUT2D eigenvalue weighted by Gasteiger charge is 2.00. The minimum atomic E-state index is -0.149. The molecule has 9 heavy (non-hydrogen) atoms. The molecule has 5 heteroatoms. The molecule has 1 rings (SSSR count). The van der Waals surface area contributed by atoms with Gasteiger partial charge in [0.2, 0.25) is 5.88 Å². The lowest BCUT2D eigenvalue weighted by molar-refractivity contribution is 0.429. The maximum absolute atomic E-state index is 10.7. The van der Waals surface area contributed by atoms with Crippen molar-refractivity contribution in [3.05, 3.63) is 15.0 Å². The lowest BCUT2D eigenvalue weighted by atomic mass is 10.8. The van der Waals surface area contributed by atoms with Crippen molar-refractivity contribution >= 4 is 27.3 Å². The zero-order chi connectivity index (χ0) is 6.85. The average molecular weight is 210 g/mol. The van der Waals surface area contributed by atoms with Crippen LogP contribution in [0.5, 0.6) is 5.88 Å². The molecule has 0 aliphatic heterocycles. The first kappa shape index (κ1) is 6.82. The summed E-state index contributed by atoms with van der Waals surface area (Å²) >= 11 is 4.03. The molecule has 0 bridgehead atoms. The Morgan fingerprint density at radius 3 is 2.78 bits per heavy atom. The first-order valence-corrected chi connectivity index (χ1v) is 4.19. The molecule has 3 nitrogen and oxygen atoms in total. The number of halogens is 1. The predicted molar refractivity (Wildman–Crippen MR) is 39.2 cm³/mol. The number of alkyl halides is 1. The predicted octanol–water partition coefficient (Wildman–Crippen LogP) is 0.968. The third kappa shape index (κ3) is 1.16. The first-order chi connectivity index (χ1) is 4.25. The van der Waals surface area contributed by atoms with Crippen molar-refractivity contribution in [3.63, 3.8) is 0 Å². The van der Waals surface area contributed by atoms with E-state index in [1.165, 1.54) is 9.95 Å². The highest BCUT2D eigenvalue weighted by Crippen LogP contribution is 2.09. The van der Waals surface area contributed by atoms with Crippen molar-refractivity contribution in [2.45, 2.75) is 5.45 Å². The molecular formula is C4H4BrNO2S. The van der Waals surface area contributed by atoms with Crippen molar-refractivity contribution in [2.24, 2.45) is 0 Å². The third-order valence-corrected chi connectivity index (χ3v) is 2.13. The molecule has 1 heterocycles. The molecular weight excluding hydrogens is 206 g/mol. The van der Waals surface area contributed by atoms with E-state index >= 15 is 0 Å². The van der Waals surface area contributed by atoms with Gasteiger partial charge in [0, 0.05) is 0 Å². The number of thiazole rings is 1. The van der Waals surface area contributed by atoms with E-state index in [0.29, 0.717) is 5.45 Å². The summed E-state index contributed by atoms with van der Waals surface area (Å²) in [5.41, 5.74) is 0.348. The number of nitrogens with zero attached hydrogens (tertiary/aromatic N) is 1. The lowest BCUT2D eigenvalue weighted by Gasteiger charge is -1.91. The van der Waals surface area contributed by atoms with Crippen LogP contribution in [0.1, 0.15) is 0 Å². The standard InChI is InChI=1S/C4H4BrNO2S/c5-2-6-3(7)1-9-4(6)8/h1,7H,2H2. The number of hydrogen-bond acceptors (Lipinski definition) is 3. The average Bonchev–Trinajstić information content (AvgIpc) is 2.12. The largest absolute Gasteiger partial charge is 0.494 e. The van der Waals surface area contributed by atoms with Crippen LogP contribution >= 0.6 is 27.3 Å². The number of aromatic nitrogens is 1. The highest BCUT2D eigenvalue weighted by molar-refractivity contribution is 9.08. The minimum Gasteiger partial charge on any atom is -0.494 e. The molecule has 0 aliphatic rings. The molecule has 0 saturated heterocycles. The van der Waals surface area contributed by atoms with Crippen LogP contribution in [0.25, 0.3) is 0 Å². The Labute approximate surface area is 63.7 Å². The van der Waals surface area contributed by atoms with Gasteiger partial charge in [-0.25, -0.2) is 0 Å². The van der Waals surface area contributed by atoms with Gasteiger partial charge in [-0.2, -0.15) is 0 Å². The zero-order valence-electron chi connectivity index (χ0n) is 4.37. The van der Waals surface area contributed by atoms with Crippen LogP contribution in [0, 0.1) is 0 Å². The van der Waals surface area contributed by atoms with E-state index in [0.717, 1.165) is 11.3 Å². The minimum absolute atomic E-state index is 0.0156. The summed E-state index contributed by atoms with van der Waals surface area (Å²) in [6.07, 6.45) is 0. The monoisotopic (exact) mass is 209 g/mol. The van der Waals surface area contributed by atoms with Gasteiger partial charge in [-0.3, -0.25) is 9.36 Å². The van der Waals surface area contributed by atoms with Crippen LogP contribution in [0.15, 0.2) is 10.2 Å². The van der Waals surface area contributed by atoms with Crippen molar-refractivity contribution in [1.82, 2.24) is 4.57 Å². The summed E-state index contributed by atoms with van der Waals surface area (Å²) in [6.45, 7) is 0. The number of rotatable bonds is 1. The van der Waals surface area contributed by atoms with E-state index in [1.54, 1.807) is 0 Å². The van der Waals surface area contributed by atoms with E-state index in [4.69, 9.17) is 5.11 Å². The van der Waals surface area contributed by atoms with Crippen LogP contribution in [-0.4, -0.2) is 9.67 Å². The fourth-order valence-electron chi connectivity index (χ4n) is 0.434. The van der Waals surface area contributed by atoms with Crippen LogP contribution in [0.2, 0.25) is 0 Å². The summed E-state index contributed by atoms with van der Waals surface area (Å²) in [7, 11) is 0. The van der Waals surface area contributed by atoms with Crippen molar-refractivity contribution in [3.8, 4) is 5.88 Å². The maximum Gasteiger partial charge on any atom is 0.310 e. The Morgan fingerprint density at radius 2 is 2.56 bits per heavy atom. The van der Waals surface area contributed by atoms with Gasteiger partial charge < -0.3 is 5.11 Å². The molecule has 1 N–H and O–H groups in total. The Balaban J connectivity index is 3.23. The molecule has 0 amide bonds. The first-order valence-electron chi connectivity index (χ1n) is 2.19. The summed E-state index contributed by atoms with van der Waals surface area (Å²) in [4.78, 5) is 10.5. The van der Waals surface area contributed by atoms with Crippen molar-refractivity contribution in [1.29, 1.82) is 0 Å². The molecule has 1 aromatic rings. The molecule has 0 unspecified atom stereocenters. The Kier molecular flexibility index (Phi) is 1.92. The molecule has 0 aromatic carbocycles. The van der Waals surface area contributed by atoms with Gasteiger partial charge in [0.1, 0.15) is 0 Å². The van der Waals surface area contributed by atoms with Gasteiger partial charge in [-0.15, -0.1) is 0 Å². The van der Waals surface area contributed by atoms with E-state index in [-0.39, 0.29) is 10.8 Å². The normalized spacial score (nSPS) is 9.89. The van der Waals surface area contributed by atoms with Gasteiger partial charge in [0.25, 0.3) is 0 Å². The summed E-state index contributed by atoms with van der Waals surface area (Å²) in [5, 5.41) is 10.3. The van der Waals surface area contributed by atoms with E-state index in [9.17, 15) is 4.79 Å². The van der Waals surface area contributed by atoms with Gasteiger partial charge in [0.05, 0.1) is 10.8 Å². The second-order valence-electron chi connectivity index (χ2n) is 1.41. The van der Waals surface area contributed by atoms with E-state index < -0.39 is 0 Å². The van der Waals surface area contributed by atoms with Crippen LogP contribution in [-0.2, 0) is 5.45 Å². The van der Waals surface area contributed by atoms with Crippen molar-refractivity contribution < 1.29 is 5.11 Å². The topological polar surface area (TPSA) is 42.2 Å². The third-order valence-electron chi connectivity index (χ3n) is 0.882. The Morgan fingerprint density at radius 1 is 1.89 bits per heavy atom. The highest BCUT2D eigenvalue weighted by atomic mass is 79.9. The molecule has 0 saturated carbocycles. The fourth-order valence-corrected chi connectivity index (χ4v) is 1.70. The number of hydrogen-bond donors (Lipinski definition) is 1. The lowest BCUT2D eigenvalue weighted by Crippen LogP contribution is -2.08. The van der Waals surface area contributed by atoms with Gasteiger partial charge >= 0.3 is 4.87 Å². The molecule has 0 fully saturated rings. The van der Waals surface area contributed by atoms with Crippen LogP contribution in [0.3, 0.4) is 0 Å². The van der Waals surface area contributed by atoms with Crippen molar-refractivity contribution in [2.75, 3.05) is 0 Å². The number of aromatic hydroxyl groups is 1. The quantitative estimate of drug-likeness (QED) is 0.701. The van der Waals surface area contributed by atoms with Gasteiger partial charge in [-0.05, 0) is 0 Å². The van der Waals surface area contributed by atoms with E-state index in [1.807, 2.05) is 0 Å². The second kappa shape index (κ2) is 2.53. The molecule has 0 aliphatic carbocycles. The second-order valence-corrected chi connectivity index (χ2v) is 2.73. The Hall–Kier alpha value is -0.290. The summed E-state index contributed by atoms with van der Waals surface area (Å²) < 4.78 is 1.23. The van der Waals surface area contributed by atoms with Crippen LogP contribution < -0.4 is 4.87 Å². The maximum atomic E-state index is 10.7. The zero-order valence-corrected chi connectivity index (χ0v) is 6.78. The van der Waals surface area contributed by atoms with Crippen LogP contribution in [0.4, 0.5) is 0 Å². The van der Waals surface area contributed by atoms with Gasteiger partial charge in [-0.1, -0.05) is 27.3 Å². The molecule has 0 spiro atoms. The fraction of sp³-hybridized carbons (Fsp3) is 0.250. The Bertz CT molecular complexity index is 253. The summed E-state index contributed by atoms with van der Waals surface area (Å²) in [6, 6.07) is 0. The molecule has 1 aromatic heterocycles. The molecule has 0 atom stereocenters. The molecule has 0 radical (unpaired) electrons. The smallest absolute Gasteiger partial charge is 0.310 e. The van der Waals surface area contributed by atoms with Gasteiger partial charge in [0.15, 0.2) is 0 Å².